The van der Waals surface area contributed by atoms with Gasteiger partial charge in [-0.15, -0.1) is 0 Å². The topological polar surface area (TPSA) is 81.8 Å². The highest BCUT2D eigenvalue weighted by Gasteiger charge is 2.22. The first-order valence-electron chi connectivity index (χ1n) is 10.5. The van der Waals surface area contributed by atoms with E-state index in [4.69, 9.17) is 5.10 Å². The Morgan fingerprint density at radius 1 is 1.22 bits per heavy atom. The Bertz CT molecular complexity index is 1450. The van der Waals surface area contributed by atoms with Gasteiger partial charge in [0.05, 0.1) is 34.7 Å². The number of aromatic nitrogens is 4. The van der Waals surface area contributed by atoms with Crippen molar-refractivity contribution in [2.45, 2.75) is 19.4 Å². The van der Waals surface area contributed by atoms with Crippen molar-refractivity contribution in [1.82, 2.24) is 19.6 Å². The van der Waals surface area contributed by atoms with Gasteiger partial charge in [-0.05, 0) is 54.0 Å². The molecule has 0 aliphatic rings. The maximum atomic E-state index is 9.28. The molecule has 32 heavy (non-hydrogen) atoms. The number of pyridine rings is 2. The minimum absolute atomic E-state index is 0.310. The van der Waals surface area contributed by atoms with Crippen molar-refractivity contribution in [3.63, 3.8) is 0 Å². The number of nitrogens with one attached hydrogen (secondary N) is 2. The third-order valence-corrected chi connectivity index (χ3v) is 5.71. The predicted octanol–water partition coefficient (Wildman–Crippen LogP) is 5.51. The molecule has 1 aromatic carbocycles. The van der Waals surface area contributed by atoms with Crippen LogP contribution < -0.4 is 5.32 Å². The number of anilines is 1. The number of aryl methyl sites for hydroxylation is 1. The van der Waals surface area contributed by atoms with Crippen LogP contribution in [0.4, 0.5) is 5.69 Å². The molecule has 6 heteroatoms. The summed E-state index contributed by atoms with van der Waals surface area (Å²) in [6.45, 7) is 6.62. The molecule has 2 N–H and O–H groups in total. The standard InChI is InChI=1S/C26H22N6/c1-3-18-7-8-24-22(11-18)23(16-29-24)17(2)26(30-20-10-19(13-27)14-28-15-20)25-12-21-6-4-5-9-32(21)31-25/h4-12,14-16,26,29-30H,2-3H2,1H3. The second-order valence-electron chi connectivity index (χ2n) is 7.75. The van der Waals surface area contributed by atoms with E-state index in [1.165, 1.54) is 5.56 Å². The molecule has 0 bridgehead atoms. The summed E-state index contributed by atoms with van der Waals surface area (Å²) >= 11 is 0. The number of nitrogens with zero attached hydrogens (tertiary/aromatic N) is 4. The summed E-state index contributed by atoms with van der Waals surface area (Å²) in [6, 6.07) is 18.1. The Balaban J connectivity index is 1.61. The molecule has 156 valence electrons. The number of H-pyrrole nitrogens is 1. The number of nitriles is 1. The van der Waals surface area contributed by atoms with E-state index in [1.54, 1.807) is 18.5 Å². The highest BCUT2D eigenvalue weighted by Crippen LogP contribution is 2.36. The van der Waals surface area contributed by atoms with Crippen LogP contribution in [0.1, 0.15) is 35.3 Å². The first kappa shape index (κ1) is 19.6. The average molecular weight is 419 g/mol. The predicted molar refractivity (Wildman–Crippen MR) is 127 cm³/mol. The quantitative estimate of drug-likeness (QED) is 0.381. The van der Waals surface area contributed by atoms with Crippen molar-refractivity contribution in [3.8, 4) is 6.07 Å². The molecule has 0 saturated carbocycles. The molecule has 5 aromatic rings. The monoisotopic (exact) mass is 418 g/mol. The number of rotatable bonds is 6. The zero-order valence-corrected chi connectivity index (χ0v) is 17.7. The average Bonchev–Trinajstić information content (AvgIpc) is 3.46. The van der Waals surface area contributed by atoms with E-state index in [2.05, 4.69) is 59.1 Å². The summed E-state index contributed by atoms with van der Waals surface area (Å²) < 4.78 is 1.85. The third-order valence-electron chi connectivity index (χ3n) is 5.71. The lowest BCUT2D eigenvalue weighted by atomic mass is 9.96. The maximum Gasteiger partial charge on any atom is 0.101 e. The largest absolute Gasteiger partial charge is 0.371 e. The normalized spacial score (nSPS) is 12.0. The first-order valence-corrected chi connectivity index (χ1v) is 10.5. The molecule has 0 aliphatic carbocycles. The van der Waals surface area contributed by atoms with Crippen LogP contribution in [0.2, 0.25) is 0 Å². The van der Waals surface area contributed by atoms with Crippen molar-refractivity contribution in [3.05, 3.63) is 102 Å². The third kappa shape index (κ3) is 3.50. The Labute approximate surface area is 185 Å². The van der Waals surface area contributed by atoms with Gasteiger partial charge in [-0.25, -0.2) is 4.52 Å². The van der Waals surface area contributed by atoms with Crippen molar-refractivity contribution >= 4 is 27.7 Å². The number of aromatic amines is 1. The molecule has 0 amide bonds. The van der Waals surface area contributed by atoms with Crippen LogP contribution in [0, 0.1) is 11.3 Å². The summed E-state index contributed by atoms with van der Waals surface area (Å²) in [5.41, 5.74) is 7.33. The second-order valence-corrected chi connectivity index (χ2v) is 7.75. The first-order chi connectivity index (χ1) is 15.7. The van der Waals surface area contributed by atoms with Crippen LogP contribution in [-0.2, 0) is 6.42 Å². The molecule has 5 rings (SSSR count). The van der Waals surface area contributed by atoms with E-state index >= 15 is 0 Å². The molecule has 0 fully saturated rings. The fourth-order valence-electron chi connectivity index (χ4n) is 3.99. The van der Waals surface area contributed by atoms with Crippen molar-refractivity contribution in [2.24, 2.45) is 0 Å². The van der Waals surface area contributed by atoms with E-state index in [1.807, 2.05) is 35.1 Å². The van der Waals surface area contributed by atoms with Crippen LogP contribution in [0.5, 0.6) is 0 Å². The summed E-state index contributed by atoms with van der Waals surface area (Å²) in [6.07, 6.45) is 8.15. The van der Waals surface area contributed by atoms with Gasteiger partial charge in [0.2, 0.25) is 0 Å². The fourth-order valence-corrected chi connectivity index (χ4v) is 3.99. The van der Waals surface area contributed by atoms with Crippen molar-refractivity contribution < 1.29 is 0 Å². The Kier molecular flexibility index (Phi) is 4.92. The van der Waals surface area contributed by atoms with Crippen LogP contribution in [-0.4, -0.2) is 19.6 Å². The lowest BCUT2D eigenvalue weighted by Crippen LogP contribution is -2.13. The minimum atomic E-state index is -0.310. The number of benzene rings is 1. The molecular weight excluding hydrogens is 396 g/mol. The van der Waals surface area contributed by atoms with Crippen molar-refractivity contribution in [2.75, 3.05) is 5.32 Å². The lowest BCUT2D eigenvalue weighted by Gasteiger charge is -2.20. The van der Waals surface area contributed by atoms with E-state index in [0.717, 1.165) is 45.4 Å². The summed E-state index contributed by atoms with van der Waals surface area (Å²) in [5, 5.41) is 18.7. The van der Waals surface area contributed by atoms with Gasteiger partial charge in [0.25, 0.3) is 0 Å². The maximum absolute atomic E-state index is 9.28. The van der Waals surface area contributed by atoms with E-state index < -0.39 is 0 Å². The molecule has 0 saturated heterocycles. The number of hydrogen-bond acceptors (Lipinski definition) is 4. The molecular formula is C26H22N6. The van der Waals surface area contributed by atoms with Gasteiger partial charge in [-0.3, -0.25) is 4.98 Å². The zero-order chi connectivity index (χ0) is 22.1. The summed E-state index contributed by atoms with van der Waals surface area (Å²) in [5.74, 6) is 0. The summed E-state index contributed by atoms with van der Waals surface area (Å²) in [7, 11) is 0. The van der Waals surface area contributed by atoms with Crippen LogP contribution >= 0.6 is 0 Å². The molecule has 6 nitrogen and oxygen atoms in total. The van der Waals surface area contributed by atoms with Gasteiger partial charge in [0, 0.05) is 35.1 Å². The van der Waals surface area contributed by atoms with Gasteiger partial charge < -0.3 is 10.3 Å². The Hall–Kier alpha value is -4.37. The zero-order valence-electron chi connectivity index (χ0n) is 17.7. The number of hydrogen-bond donors (Lipinski definition) is 2. The Morgan fingerprint density at radius 2 is 2.12 bits per heavy atom. The van der Waals surface area contributed by atoms with Crippen LogP contribution in [0.15, 0.2) is 79.9 Å². The number of fused-ring (bicyclic) bond motifs is 2. The molecule has 4 heterocycles. The highest BCUT2D eigenvalue weighted by molar-refractivity contribution is 5.94. The van der Waals surface area contributed by atoms with Gasteiger partial charge in [0.15, 0.2) is 0 Å². The van der Waals surface area contributed by atoms with Crippen molar-refractivity contribution in [1.29, 1.82) is 5.26 Å². The van der Waals surface area contributed by atoms with Gasteiger partial charge in [-0.2, -0.15) is 10.4 Å². The van der Waals surface area contributed by atoms with E-state index in [-0.39, 0.29) is 6.04 Å². The SMILES string of the molecule is C=C(c1c[nH]c2ccc(CC)cc12)C(Nc1cncc(C#N)c1)c1cc2ccccn2n1. The Morgan fingerprint density at radius 3 is 2.94 bits per heavy atom. The van der Waals surface area contributed by atoms with Gasteiger partial charge in [0.1, 0.15) is 6.07 Å². The molecule has 1 unspecified atom stereocenters. The van der Waals surface area contributed by atoms with Gasteiger partial charge >= 0.3 is 0 Å². The van der Waals surface area contributed by atoms with Crippen LogP contribution in [0.25, 0.3) is 22.0 Å². The minimum Gasteiger partial charge on any atom is -0.371 e. The molecule has 4 aromatic heterocycles. The highest BCUT2D eigenvalue weighted by atomic mass is 15.2. The second kappa shape index (κ2) is 8.05. The molecule has 1 atom stereocenters. The molecule has 0 radical (unpaired) electrons. The fraction of sp³-hybridized carbons (Fsp3) is 0.115. The molecule has 0 aliphatic heterocycles. The lowest BCUT2D eigenvalue weighted by molar-refractivity contribution is 0.862. The smallest absolute Gasteiger partial charge is 0.101 e. The van der Waals surface area contributed by atoms with Gasteiger partial charge in [-0.1, -0.05) is 25.6 Å². The van der Waals surface area contributed by atoms with E-state index in [0.29, 0.717) is 5.56 Å². The van der Waals surface area contributed by atoms with E-state index in [9.17, 15) is 5.26 Å². The van der Waals surface area contributed by atoms with Crippen LogP contribution in [0.3, 0.4) is 0 Å². The molecule has 0 spiro atoms. The summed E-state index contributed by atoms with van der Waals surface area (Å²) in [4.78, 5) is 7.56.